The molecule has 0 saturated carbocycles. The Kier molecular flexibility index (Phi) is 47.4. The number of carbonyl (C=O) groups excluding carboxylic acids is 1. The van der Waals surface area contributed by atoms with E-state index in [0.29, 0.717) is 12.8 Å². The van der Waals surface area contributed by atoms with Crippen LogP contribution in [0.15, 0.2) is 72.9 Å². The van der Waals surface area contributed by atoms with E-state index in [4.69, 9.17) is 0 Å². The van der Waals surface area contributed by atoms with Crippen molar-refractivity contribution < 1.29 is 15.0 Å². The highest BCUT2D eigenvalue weighted by Crippen LogP contribution is 2.16. The molecule has 0 aliphatic heterocycles. The fourth-order valence-corrected chi connectivity index (χ4v) is 7.42. The van der Waals surface area contributed by atoms with Crippen LogP contribution >= 0.6 is 0 Å². The third-order valence-electron chi connectivity index (χ3n) is 11.2. The van der Waals surface area contributed by atoms with Gasteiger partial charge in [0.25, 0.3) is 0 Å². The van der Waals surface area contributed by atoms with Crippen molar-refractivity contribution in [2.75, 3.05) is 6.61 Å². The van der Waals surface area contributed by atoms with Gasteiger partial charge in [0.05, 0.1) is 18.8 Å². The summed E-state index contributed by atoms with van der Waals surface area (Å²) in [6.45, 7) is 4.25. The summed E-state index contributed by atoms with van der Waals surface area (Å²) >= 11 is 0. The quantitative estimate of drug-likeness (QED) is 0.0424. The van der Waals surface area contributed by atoms with Gasteiger partial charge in [-0.25, -0.2) is 0 Å². The predicted molar refractivity (Wildman–Crippen MR) is 257 cm³/mol. The zero-order chi connectivity index (χ0) is 42.1. The van der Waals surface area contributed by atoms with E-state index in [1.807, 2.05) is 0 Å². The Morgan fingerprint density at radius 3 is 1.14 bits per heavy atom. The minimum atomic E-state index is -0.665. The molecule has 0 aromatic rings. The average molecular weight is 808 g/mol. The van der Waals surface area contributed by atoms with E-state index in [1.165, 1.54) is 154 Å². The lowest BCUT2D eigenvalue weighted by Gasteiger charge is -2.22. The van der Waals surface area contributed by atoms with E-state index in [0.717, 1.165) is 64.2 Å². The summed E-state index contributed by atoms with van der Waals surface area (Å²) in [6.07, 6.45) is 69.9. The fraction of sp³-hybridized carbons (Fsp3) is 0.759. The summed E-state index contributed by atoms with van der Waals surface area (Å²) < 4.78 is 0. The van der Waals surface area contributed by atoms with Crippen LogP contribution in [0.1, 0.15) is 245 Å². The molecule has 58 heavy (non-hydrogen) atoms. The van der Waals surface area contributed by atoms with Crippen LogP contribution in [0.4, 0.5) is 0 Å². The van der Waals surface area contributed by atoms with Crippen molar-refractivity contribution in [2.45, 2.75) is 257 Å². The molecule has 0 rings (SSSR count). The van der Waals surface area contributed by atoms with Crippen molar-refractivity contribution in [1.29, 1.82) is 0 Å². The van der Waals surface area contributed by atoms with Gasteiger partial charge >= 0.3 is 0 Å². The molecule has 0 fully saturated rings. The monoisotopic (exact) mass is 808 g/mol. The van der Waals surface area contributed by atoms with Gasteiger partial charge in [0.15, 0.2) is 0 Å². The first kappa shape index (κ1) is 55.8. The SMILES string of the molecule is CC/C=C\C/C=C\C/C=C\C/C=C\C/C=C\C/C=C\CCCCCCCCCCCCC(=O)NC(CO)C(O)CCCCCCCCCCCCCCCCCCC. The van der Waals surface area contributed by atoms with Gasteiger partial charge in [-0.05, 0) is 64.2 Å². The standard InChI is InChI=1S/C54H97NO3/c1-3-5-7-9-11-13-15-17-19-21-22-23-24-25-26-27-28-29-30-31-32-34-36-38-40-42-44-46-48-50-54(58)55-52(51-56)53(57)49-47-45-43-41-39-37-35-33-20-18-16-14-12-10-8-6-4-2/h5,7,11,13,17,19,22-23,25-26,28-29,52-53,56-57H,3-4,6,8-10,12,14-16,18,20-21,24,27,30-51H2,1-2H3,(H,55,58)/b7-5-,13-11-,19-17-,23-22-,26-25-,29-28-. The number of amides is 1. The first-order chi connectivity index (χ1) is 28.7. The van der Waals surface area contributed by atoms with Crippen molar-refractivity contribution >= 4 is 5.91 Å². The van der Waals surface area contributed by atoms with Crippen molar-refractivity contribution in [3.8, 4) is 0 Å². The van der Waals surface area contributed by atoms with Crippen LogP contribution in [0, 0.1) is 0 Å². The van der Waals surface area contributed by atoms with Crippen molar-refractivity contribution in [2.24, 2.45) is 0 Å². The summed E-state index contributed by atoms with van der Waals surface area (Å²) in [7, 11) is 0. The van der Waals surface area contributed by atoms with E-state index in [1.54, 1.807) is 0 Å². The maximum absolute atomic E-state index is 12.5. The number of hydrogen-bond donors (Lipinski definition) is 3. The maximum Gasteiger partial charge on any atom is 0.220 e. The van der Waals surface area contributed by atoms with Gasteiger partial charge in [-0.2, -0.15) is 0 Å². The molecule has 0 saturated heterocycles. The number of aliphatic hydroxyl groups is 2. The van der Waals surface area contributed by atoms with Gasteiger partial charge in [0, 0.05) is 6.42 Å². The summed E-state index contributed by atoms with van der Waals surface area (Å²) in [5.74, 6) is -0.0375. The summed E-state index contributed by atoms with van der Waals surface area (Å²) in [4.78, 5) is 12.5. The van der Waals surface area contributed by atoms with Crippen molar-refractivity contribution in [3.63, 3.8) is 0 Å². The van der Waals surface area contributed by atoms with Gasteiger partial charge in [-0.3, -0.25) is 4.79 Å². The molecule has 4 nitrogen and oxygen atoms in total. The minimum absolute atomic E-state index is 0.0375. The second-order valence-corrected chi connectivity index (χ2v) is 16.9. The number of aliphatic hydroxyl groups excluding tert-OH is 2. The molecule has 0 aromatic carbocycles. The topological polar surface area (TPSA) is 69.6 Å². The summed E-state index contributed by atoms with van der Waals surface area (Å²) in [6, 6.07) is -0.542. The Balaban J connectivity index is 3.54. The smallest absolute Gasteiger partial charge is 0.220 e. The number of nitrogens with one attached hydrogen (secondary N) is 1. The second-order valence-electron chi connectivity index (χ2n) is 16.9. The molecule has 2 unspecified atom stereocenters. The van der Waals surface area contributed by atoms with Gasteiger partial charge in [-0.1, -0.05) is 247 Å². The van der Waals surface area contributed by atoms with E-state index in [9.17, 15) is 15.0 Å². The first-order valence-electron chi connectivity index (χ1n) is 25.1. The third-order valence-corrected chi connectivity index (χ3v) is 11.2. The van der Waals surface area contributed by atoms with Crippen molar-refractivity contribution in [3.05, 3.63) is 72.9 Å². The number of allylic oxidation sites excluding steroid dienone is 12. The van der Waals surface area contributed by atoms with Crippen LogP contribution in [-0.4, -0.2) is 34.9 Å². The highest BCUT2D eigenvalue weighted by atomic mass is 16.3. The number of rotatable bonds is 45. The molecule has 0 bridgehead atoms. The fourth-order valence-electron chi connectivity index (χ4n) is 7.42. The molecule has 0 aliphatic carbocycles. The molecule has 0 aromatic heterocycles. The van der Waals surface area contributed by atoms with E-state index >= 15 is 0 Å². The predicted octanol–water partition coefficient (Wildman–Crippen LogP) is 16.2. The van der Waals surface area contributed by atoms with Crippen LogP contribution in [0.5, 0.6) is 0 Å². The van der Waals surface area contributed by atoms with Crippen molar-refractivity contribution in [1.82, 2.24) is 5.32 Å². The Bertz CT molecular complexity index is 1010. The number of unbranched alkanes of at least 4 members (excludes halogenated alkanes) is 26. The summed E-state index contributed by atoms with van der Waals surface area (Å²) in [5, 5.41) is 23.3. The van der Waals surface area contributed by atoms with Crippen LogP contribution in [-0.2, 0) is 4.79 Å². The largest absolute Gasteiger partial charge is 0.394 e. The van der Waals surface area contributed by atoms with E-state index in [2.05, 4.69) is 92.1 Å². The molecule has 4 heteroatoms. The van der Waals surface area contributed by atoms with E-state index in [-0.39, 0.29) is 12.5 Å². The lowest BCUT2D eigenvalue weighted by atomic mass is 10.0. The first-order valence-corrected chi connectivity index (χ1v) is 25.1. The van der Waals surface area contributed by atoms with Crippen LogP contribution in [0.2, 0.25) is 0 Å². The molecule has 0 spiro atoms. The van der Waals surface area contributed by atoms with Crippen LogP contribution in [0.3, 0.4) is 0 Å². The van der Waals surface area contributed by atoms with Gasteiger partial charge < -0.3 is 15.5 Å². The average Bonchev–Trinajstić information content (AvgIpc) is 3.23. The molecule has 3 N–H and O–H groups in total. The maximum atomic E-state index is 12.5. The normalized spacial score (nSPS) is 13.5. The highest BCUT2D eigenvalue weighted by Gasteiger charge is 2.20. The molecular formula is C54H97NO3. The third kappa shape index (κ3) is 44.9. The minimum Gasteiger partial charge on any atom is -0.394 e. The van der Waals surface area contributed by atoms with Crippen LogP contribution in [0.25, 0.3) is 0 Å². The highest BCUT2D eigenvalue weighted by molar-refractivity contribution is 5.76. The van der Waals surface area contributed by atoms with Crippen LogP contribution < -0.4 is 5.32 Å². The Labute approximate surface area is 361 Å². The van der Waals surface area contributed by atoms with Gasteiger partial charge in [-0.15, -0.1) is 0 Å². The molecular weight excluding hydrogens is 711 g/mol. The number of carbonyl (C=O) groups is 1. The summed E-state index contributed by atoms with van der Waals surface area (Å²) in [5.41, 5.74) is 0. The molecule has 2 atom stereocenters. The van der Waals surface area contributed by atoms with E-state index < -0.39 is 12.1 Å². The molecule has 0 heterocycles. The second kappa shape index (κ2) is 49.2. The molecule has 336 valence electrons. The molecule has 0 radical (unpaired) electrons. The zero-order valence-electron chi connectivity index (χ0n) is 38.5. The van der Waals surface area contributed by atoms with Gasteiger partial charge in [0.1, 0.15) is 0 Å². The molecule has 0 aliphatic rings. The van der Waals surface area contributed by atoms with Gasteiger partial charge in [0.2, 0.25) is 5.91 Å². The Morgan fingerprint density at radius 2 is 0.759 bits per heavy atom. The lowest BCUT2D eigenvalue weighted by Crippen LogP contribution is -2.45. The zero-order valence-corrected chi connectivity index (χ0v) is 38.5. The Morgan fingerprint density at radius 1 is 0.431 bits per heavy atom. The molecule has 1 amide bonds. The lowest BCUT2D eigenvalue weighted by molar-refractivity contribution is -0.123. The Hall–Kier alpha value is -2.17. The number of hydrogen-bond acceptors (Lipinski definition) is 3.